The molecule has 0 aliphatic rings. The van der Waals surface area contributed by atoms with E-state index in [1.54, 1.807) is 23.2 Å². The first-order valence-electron chi connectivity index (χ1n) is 5.53. The number of rotatable bonds is 4. The number of aliphatic hydroxyl groups is 1. The molecule has 1 N–H and O–H groups in total. The number of hydrogen-bond donors (Lipinski definition) is 1. The summed E-state index contributed by atoms with van der Waals surface area (Å²) in [7, 11) is 1.27. The summed E-state index contributed by atoms with van der Waals surface area (Å²) >= 11 is 0. The maximum atomic E-state index is 11.2. The summed E-state index contributed by atoms with van der Waals surface area (Å²) in [5.74, 6) is -0.225. The minimum atomic E-state index is -0.953. The summed E-state index contributed by atoms with van der Waals surface area (Å²) in [6.45, 7) is 2.64. The highest BCUT2D eigenvalue weighted by Gasteiger charge is 2.20. The van der Waals surface area contributed by atoms with Crippen LogP contribution in [0.4, 0.5) is 0 Å². The van der Waals surface area contributed by atoms with E-state index >= 15 is 0 Å². The molecule has 0 saturated carbocycles. The molecular formula is C12H14N2O4. The van der Waals surface area contributed by atoms with E-state index < -0.39 is 12.1 Å². The maximum Gasteiger partial charge on any atom is 0.373 e. The quantitative estimate of drug-likeness (QED) is 0.829. The van der Waals surface area contributed by atoms with Crippen molar-refractivity contribution in [3.8, 4) is 0 Å². The number of esters is 1. The van der Waals surface area contributed by atoms with Crippen molar-refractivity contribution >= 4 is 5.97 Å². The maximum absolute atomic E-state index is 11.2. The lowest BCUT2D eigenvalue weighted by molar-refractivity contribution is 0.0557. The Kier molecular flexibility index (Phi) is 3.47. The van der Waals surface area contributed by atoms with E-state index in [-0.39, 0.29) is 11.5 Å². The zero-order valence-electron chi connectivity index (χ0n) is 10.2. The Labute approximate surface area is 104 Å². The lowest BCUT2D eigenvalue weighted by Crippen LogP contribution is -2.06. The molecule has 0 saturated heterocycles. The molecule has 2 aromatic heterocycles. The predicted octanol–water partition coefficient (Wildman–Crippen LogP) is 1.36. The number of aromatic nitrogens is 2. The number of imidazole rings is 1. The Hall–Kier alpha value is -2.08. The van der Waals surface area contributed by atoms with Crippen LogP contribution in [0.25, 0.3) is 0 Å². The van der Waals surface area contributed by atoms with Gasteiger partial charge in [0.05, 0.1) is 25.3 Å². The minimum Gasteiger partial charge on any atom is -0.463 e. The van der Waals surface area contributed by atoms with Crippen molar-refractivity contribution in [1.29, 1.82) is 0 Å². The zero-order chi connectivity index (χ0) is 13.1. The largest absolute Gasteiger partial charge is 0.463 e. The highest BCUT2D eigenvalue weighted by Crippen LogP contribution is 2.23. The van der Waals surface area contributed by atoms with Crippen LogP contribution in [-0.2, 0) is 11.3 Å². The second-order valence-electron chi connectivity index (χ2n) is 3.70. The minimum absolute atomic E-state index is 0.0640. The summed E-state index contributed by atoms with van der Waals surface area (Å²) in [4.78, 5) is 15.2. The molecular weight excluding hydrogens is 236 g/mol. The number of hydrogen-bond acceptors (Lipinski definition) is 5. The van der Waals surface area contributed by atoms with E-state index in [0.29, 0.717) is 12.2 Å². The molecule has 0 aliphatic carbocycles. The van der Waals surface area contributed by atoms with E-state index in [0.717, 1.165) is 0 Å². The van der Waals surface area contributed by atoms with Crippen molar-refractivity contribution in [3.05, 3.63) is 41.9 Å². The lowest BCUT2D eigenvalue weighted by Gasteiger charge is -2.09. The van der Waals surface area contributed by atoms with Crippen LogP contribution in [-0.4, -0.2) is 27.7 Å². The van der Waals surface area contributed by atoms with Crippen molar-refractivity contribution in [2.75, 3.05) is 7.11 Å². The number of ether oxygens (including phenoxy) is 1. The van der Waals surface area contributed by atoms with Crippen molar-refractivity contribution < 1.29 is 19.1 Å². The molecule has 1 atom stereocenters. The fraction of sp³-hybridized carbons (Fsp3) is 0.333. The van der Waals surface area contributed by atoms with Crippen LogP contribution in [0, 0.1) is 0 Å². The third kappa shape index (κ3) is 2.14. The summed E-state index contributed by atoms with van der Waals surface area (Å²) in [6, 6.07) is 3.01. The van der Waals surface area contributed by atoms with Gasteiger partial charge in [0.1, 0.15) is 5.76 Å². The summed E-state index contributed by atoms with van der Waals surface area (Å²) < 4.78 is 11.6. The van der Waals surface area contributed by atoms with Gasteiger partial charge in [-0.15, -0.1) is 0 Å². The molecule has 96 valence electrons. The number of carbonyl (C=O) groups excluding carboxylic acids is 1. The fourth-order valence-corrected chi connectivity index (χ4v) is 1.68. The molecule has 2 aromatic rings. The first-order chi connectivity index (χ1) is 8.67. The summed E-state index contributed by atoms with van der Waals surface area (Å²) in [5, 5.41) is 10.2. The molecule has 0 aromatic carbocycles. The van der Waals surface area contributed by atoms with Gasteiger partial charge < -0.3 is 18.8 Å². The number of carbonyl (C=O) groups is 1. The standard InChI is InChI=1S/C12H14N2O4/c1-3-14-7-13-6-8(14)11(15)9-4-5-10(18-9)12(16)17-2/h4-7,11,15H,3H2,1-2H3. The van der Waals surface area contributed by atoms with Gasteiger partial charge in [-0.3, -0.25) is 0 Å². The van der Waals surface area contributed by atoms with Crippen LogP contribution in [0.3, 0.4) is 0 Å². The molecule has 0 aliphatic heterocycles. The van der Waals surface area contributed by atoms with Gasteiger partial charge in [0, 0.05) is 6.54 Å². The number of nitrogens with zero attached hydrogens (tertiary/aromatic N) is 2. The van der Waals surface area contributed by atoms with E-state index in [1.807, 2.05) is 6.92 Å². The van der Waals surface area contributed by atoms with E-state index in [4.69, 9.17) is 4.42 Å². The Bertz CT molecular complexity index is 544. The summed E-state index contributed by atoms with van der Waals surface area (Å²) in [6.07, 6.45) is 2.24. The second-order valence-corrected chi connectivity index (χ2v) is 3.70. The third-order valence-corrected chi connectivity index (χ3v) is 2.65. The average Bonchev–Trinajstić information content (AvgIpc) is 3.05. The fourth-order valence-electron chi connectivity index (χ4n) is 1.68. The number of methoxy groups -OCH3 is 1. The van der Waals surface area contributed by atoms with Gasteiger partial charge in [-0.1, -0.05) is 0 Å². The van der Waals surface area contributed by atoms with Gasteiger partial charge >= 0.3 is 5.97 Å². The third-order valence-electron chi connectivity index (χ3n) is 2.65. The molecule has 2 heterocycles. The first kappa shape index (κ1) is 12.4. The molecule has 0 radical (unpaired) electrons. The number of aryl methyl sites for hydroxylation is 1. The van der Waals surface area contributed by atoms with Crippen LogP contribution < -0.4 is 0 Å². The SMILES string of the molecule is CCn1cncc1C(O)c1ccc(C(=O)OC)o1. The first-order valence-corrected chi connectivity index (χ1v) is 5.53. The molecule has 6 nitrogen and oxygen atoms in total. The monoisotopic (exact) mass is 250 g/mol. The smallest absolute Gasteiger partial charge is 0.373 e. The zero-order valence-corrected chi connectivity index (χ0v) is 10.2. The van der Waals surface area contributed by atoms with Crippen LogP contribution >= 0.6 is 0 Å². The molecule has 6 heteroatoms. The molecule has 0 spiro atoms. The van der Waals surface area contributed by atoms with Crippen molar-refractivity contribution in [2.24, 2.45) is 0 Å². The van der Waals surface area contributed by atoms with Crippen molar-refractivity contribution in [3.63, 3.8) is 0 Å². The summed E-state index contributed by atoms with van der Waals surface area (Å²) in [5.41, 5.74) is 0.614. The van der Waals surface area contributed by atoms with Gasteiger partial charge in [0.2, 0.25) is 5.76 Å². The van der Waals surface area contributed by atoms with Crippen molar-refractivity contribution in [1.82, 2.24) is 9.55 Å². The van der Waals surface area contributed by atoms with E-state index in [2.05, 4.69) is 9.72 Å². The molecule has 1 unspecified atom stereocenters. The van der Waals surface area contributed by atoms with Gasteiger partial charge in [-0.05, 0) is 19.1 Å². The van der Waals surface area contributed by atoms with Crippen LogP contribution in [0.2, 0.25) is 0 Å². The van der Waals surface area contributed by atoms with Gasteiger partial charge in [0.25, 0.3) is 0 Å². The molecule has 0 bridgehead atoms. The molecule has 2 rings (SSSR count). The van der Waals surface area contributed by atoms with Crippen LogP contribution in [0.15, 0.2) is 29.1 Å². The van der Waals surface area contributed by atoms with Gasteiger partial charge in [-0.2, -0.15) is 0 Å². The van der Waals surface area contributed by atoms with Crippen LogP contribution in [0.1, 0.15) is 35.0 Å². The van der Waals surface area contributed by atoms with E-state index in [9.17, 15) is 9.90 Å². The molecule has 0 fully saturated rings. The Balaban J connectivity index is 2.26. The Morgan fingerprint density at radius 1 is 1.61 bits per heavy atom. The van der Waals surface area contributed by atoms with Gasteiger partial charge in [-0.25, -0.2) is 9.78 Å². The number of aliphatic hydroxyl groups excluding tert-OH is 1. The van der Waals surface area contributed by atoms with Crippen molar-refractivity contribution in [2.45, 2.75) is 19.6 Å². The average molecular weight is 250 g/mol. The Morgan fingerprint density at radius 3 is 3.06 bits per heavy atom. The lowest BCUT2D eigenvalue weighted by atomic mass is 10.2. The number of furan rings is 1. The molecule has 18 heavy (non-hydrogen) atoms. The predicted molar refractivity (Wildman–Crippen MR) is 62.0 cm³/mol. The van der Waals surface area contributed by atoms with Gasteiger partial charge in [0.15, 0.2) is 6.10 Å². The second kappa shape index (κ2) is 5.05. The van der Waals surface area contributed by atoms with E-state index in [1.165, 1.54) is 13.2 Å². The Morgan fingerprint density at radius 2 is 2.39 bits per heavy atom. The topological polar surface area (TPSA) is 77.5 Å². The normalized spacial score (nSPS) is 12.4. The highest BCUT2D eigenvalue weighted by molar-refractivity contribution is 5.86. The highest BCUT2D eigenvalue weighted by atomic mass is 16.5. The van der Waals surface area contributed by atoms with Crippen LogP contribution in [0.5, 0.6) is 0 Å². The molecule has 0 amide bonds.